The molecule has 1 atom stereocenters. The molecule has 3 aliphatic rings. The highest BCUT2D eigenvalue weighted by molar-refractivity contribution is 5.95. The number of carbonyl (C=O) groups excluding carboxylic acids is 2. The van der Waals surface area contributed by atoms with Gasteiger partial charge in [0.25, 0.3) is 5.91 Å². The molecule has 1 amide bonds. The van der Waals surface area contributed by atoms with Gasteiger partial charge in [0, 0.05) is 23.8 Å². The molecule has 0 radical (unpaired) electrons. The molecule has 0 bridgehead atoms. The molecule has 1 unspecified atom stereocenters. The van der Waals surface area contributed by atoms with Gasteiger partial charge in [-0.2, -0.15) is 9.78 Å². The number of nitrogens with zero attached hydrogens (tertiary/aromatic N) is 3. The molecule has 7 heteroatoms. The summed E-state index contributed by atoms with van der Waals surface area (Å²) in [4.78, 5) is 27.9. The number of ether oxygens (including phenoxy) is 2. The summed E-state index contributed by atoms with van der Waals surface area (Å²) >= 11 is 0. The SMILES string of the molecule is CC(C)(C)OC(=O)n1cc2c(n1)CCC(N(C(=O)c1ccc(OC3CC3)cc1)C1CC1)C2. The van der Waals surface area contributed by atoms with Gasteiger partial charge in [-0.05, 0) is 95.5 Å². The molecule has 170 valence electrons. The van der Waals surface area contributed by atoms with Crippen molar-refractivity contribution in [1.29, 1.82) is 0 Å². The third-order valence-corrected chi connectivity index (χ3v) is 6.12. The lowest BCUT2D eigenvalue weighted by Crippen LogP contribution is -2.44. The molecule has 3 aliphatic carbocycles. The number of aromatic nitrogens is 2. The number of amides is 1. The monoisotopic (exact) mass is 437 g/mol. The van der Waals surface area contributed by atoms with Crippen molar-refractivity contribution < 1.29 is 19.1 Å². The van der Waals surface area contributed by atoms with Crippen LogP contribution in [0.25, 0.3) is 0 Å². The summed E-state index contributed by atoms with van der Waals surface area (Å²) in [6.07, 6.45) is 8.30. The predicted molar refractivity (Wildman–Crippen MR) is 119 cm³/mol. The lowest BCUT2D eigenvalue weighted by atomic mass is 9.91. The average molecular weight is 438 g/mol. The number of rotatable bonds is 5. The van der Waals surface area contributed by atoms with Gasteiger partial charge in [-0.15, -0.1) is 0 Å². The summed E-state index contributed by atoms with van der Waals surface area (Å²) in [5.41, 5.74) is 2.09. The van der Waals surface area contributed by atoms with E-state index in [0.717, 1.165) is 55.5 Å². The van der Waals surface area contributed by atoms with E-state index in [0.29, 0.717) is 24.1 Å². The Labute approximate surface area is 188 Å². The van der Waals surface area contributed by atoms with Crippen molar-refractivity contribution in [2.24, 2.45) is 0 Å². The highest BCUT2D eigenvalue weighted by Crippen LogP contribution is 2.35. The number of aryl methyl sites for hydroxylation is 1. The van der Waals surface area contributed by atoms with Gasteiger partial charge in [0.05, 0.1) is 11.8 Å². The van der Waals surface area contributed by atoms with E-state index in [4.69, 9.17) is 9.47 Å². The largest absolute Gasteiger partial charge is 0.490 e. The van der Waals surface area contributed by atoms with Crippen LogP contribution >= 0.6 is 0 Å². The van der Waals surface area contributed by atoms with E-state index in [1.54, 1.807) is 6.20 Å². The molecule has 0 saturated heterocycles. The van der Waals surface area contributed by atoms with Crippen LogP contribution < -0.4 is 4.74 Å². The molecule has 1 heterocycles. The number of benzene rings is 1. The van der Waals surface area contributed by atoms with Gasteiger partial charge in [0.2, 0.25) is 0 Å². The van der Waals surface area contributed by atoms with Crippen molar-refractivity contribution in [3.8, 4) is 5.75 Å². The number of hydrogen-bond acceptors (Lipinski definition) is 5. The second-order valence-electron chi connectivity index (χ2n) is 10.2. The zero-order valence-corrected chi connectivity index (χ0v) is 19.0. The summed E-state index contributed by atoms with van der Waals surface area (Å²) in [5, 5.41) is 4.46. The van der Waals surface area contributed by atoms with Gasteiger partial charge in [0.15, 0.2) is 0 Å². The first-order valence-corrected chi connectivity index (χ1v) is 11.7. The molecular formula is C25H31N3O4. The van der Waals surface area contributed by atoms with E-state index >= 15 is 0 Å². The van der Waals surface area contributed by atoms with Crippen LogP contribution in [0.1, 0.15) is 74.5 Å². The Morgan fingerprint density at radius 3 is 2.38 bits per heavy atom. The van der Waals surface area contributed by atoms with E-state index in [1.807, 2.05) is 45.0 Å². The maximum atomic E-state index is 13.4. The zero-order chi connectivity index (χ0) is 22.5. The van der Waals surface area contributed by atoms with E-state index in [9.17, 15) is 9.59 Å². The fourth-order valence-corrected chi connectivity index (χ4v) is 4.31. The molecule has 0 N–H and O–H groups in total. The van der Waals surface area contributed by atoms with Crippen LogP contribution in [-0.2, 0) is 17.6 Å². The molecule has 2 fully saturated rings. The van der Waals surface area contributed by atoms with E-state index in [1.165, 1.54) is 4.68 Å². The molecule has 2 saturated carbocycles. The lowest BCUT2D eigenvalue weighted by molar-refractivity contribution is 0.0513. The second-order valence-corrected chi connectivity index (χ2v) is 10.2. The van der Waals surface area contributed by atoms with Crippen molar-refractivity contribution >= 4 is 12.0 Å². The van der Waals surface area contributed by atoms with Crippen molar-refractivity contribution in [3.05, 3.63) is 47.3 Å². The Morgan fingerprint density at radius 1 is 1.03 bits per heavy atom. The number of carbonyl (C=O) groups is 2. The molecule has 2 aromatic rings. The van der Waals surface area contributed by atoms with Gasteiger partial charge in [-0.3, -0.25) is 4.79 Å². The molecule has 7 nitrogen and oxygen atoms in total. The number of fused-ring (bicyclic) bond motifs is 1. The third-order valence-electron chi connectivity index (χ3n) is 6.12. The summed E-state index contributed by atoms with van der Waals surface area (Å²) < 4.78 is 12.6. The Morgan fingerprint density at radius 2 is 1.75 bits per heavy atom. The molecule has 1 aromatic heterocycles. The predicted octanol–water partition coefficient (Wildman–Crippen LogP) is 4.37. The minimum atomic E-state index is -0.569. The third kappa shape index (κ3) is 4.66. The maximum absolute atomic E-state index is 13.4. The van der Waals surface area contributed by atoms with E-state index in [-0.39, 0.29) is 11.9 Å². The average Bonchev–Trinajstić information content (AvgIpc) is 3.66. The Balaban J connectivity index is 1.30. The molecule has 0 spiro atoms. The van der Waals surface area contributed by atoms with Crippen LogP contribution in [0.5, 0.6) is 5.75 Å². The normalized spacial score (nSPS) is 20.4. The lowest BCUT2D eigenvalue weighted by Gasteiger charge is -2.34. The van der Waals surface area contributed by atoms with Crippen molar-refractivity contribution in [3.63, 3.8) is 0 Å². The number of hydrogen-bond donors (Lipinski definition) is 0. The zero-order valence-electron chi connectivity index (χ0n) is 19.0. The first kappa shape index (κ1) is 21.0. The fourth-order valence-electron chi connectivity index (χ4n) is 4.31. The second kappa shape index (κ2) is 7.94. The first-order valence-electron chi connectivity index (χ1n) is 11.7. The summed E-state index contributed by atoms with van der Waals surface area (Å²) in [7, 11) is 0. The summed E-state index contributed by atoms with van der Waals surface area (Å²) in [6.45, 7) is 5.52. The minimum absolute atomic E-state index is 0.0819. The smallest absolute Gasteiger partial charge is 0.435 e. The molecular weight excluding hydrogens is 406 g/mol. The summed E-state index contributed by atoms with van der Waals surface area (Å²) in [5.74, 6) is 0.914. The van der Waals surface area contributed by atoms with Crippen LogP contribution in [0.4, 0.5) is 4.79 Å². The standard InChI is InChI=1S/C25H31N3O4/c1-25(2,3)32-24(30)27-15-17-14-19(8-13-22(17)26-27)28(18-6-7-18)23(29)16-4-9-20(10-5-16)31-21-11-12-21/h4-5,9-10,15,18-19,21H,6-8,11-14H2,1-3H3. The fraction of sp³-hybridized carbons (Fsp3) is 0.560. The quantitative estimate of drug-likeness (QED) is 0.694. The van der Waals surface area contributed by atoms with Gasteiger partial charge in [-0.25, -0.2) is 4.79 Å². The molecule has 1 aromatic carbocycles. The van der Waals surface area contributed by atoms with Gasteiger partial charge in [-0.1, -0.05) is 0 Å². The van der Waals surface area contributed by atoms with Crippen molar-refractivity contribution in [1.82, 2.24) is 14.7 Å². The van der Waals surface area contributed by atoms with Crippen LogP contribution in [0.2, 0.25) is 0 Å². The highest BCUT2D eigenvalue weighted by atomic mass is 16.6. The topological polar surface area (TPSA) is 73.7 Å². The van der Waals surface area contributed by atoms with Crippen LogP contribution in [-0.4, -0.2) is 50.5 Å². The molecule has 0 aliphatic heterocycles. The molecule has 32 heavy (non-hydrogen) atoms. The van der Waals surface area contributed by atoms with Gasteiger partial charge in [0.1, 0.15) is 11.4 Å². The first-order chi connectivity index (χ1) is 15.3. The minimum Gasteiger partial charge on any atom is -0.490 e. The maximum Gasteiger partial charge on any atom is 0.435 e. The molecule has 5 rings (SSSR count). The Bertz CT molecular complexity index is 1010. The Kier molecular flexibility index (Phi) is 5.22. The Hall–Kier alpha value is -2.83. The van der Waals surface area contributed by atoms with Crippen LogP contribution in [0.3, 0.4) is 0 Å². The van der Waals surface area contributed by atoms with Gasteiger partial charge >= 0.3 is 6.09 Å². The van der Waals surface area contributed by atoms with Crippen LogP contribution in [0.15, 0.2) is 30.5 Å². The van der Waals surface area contributed by atoms with Crippen molar-refractivity contribution in [2.45, 2.75) is 89.5 Å². The van der Waals surface area contributed by atoms with Crippen LogP contribution in [0, 0.1) is 0 Å². The highest BCUT2D eigenvalue weighted by Gasteiger charge is 2.39. The van der Waals surface area contributed by atoms with E-state index < -0.39 is 11.7 Å². The van der Waals surface area contributed by atoms with Crippen molar-refractivity contribution in [2.75, 3.05) is 0 Å². The summed E-state index contributed by atoms with van der Waals surface area (Å²) in [6, 6.07) is 7.98. The van der Waals surface area contributed by atoms with Gasteiger partial charge < -0.3 is 14.4 Å². The van der Waals surface area contributed by atoms with E-state index in [2.05, 4.69) is 10.00 Å².